The summed E-state index contributed by atoms with van der Waals surface area (Å²) in [5, 5.41) is -0.495. The van der Waals surface area contributed by atoms with Crippen molar-refractivity contribution in [2.24, 2.45) is 11.8 Å². The summed E-state index contributed by atoms with van der Waals surface area (Å²) in [7, 11) is -3.00. The van der Waals surface area contributed by atoms with E-state index in [0.717, 1.165) is 0 Å². The zero-order chi connectivity index (χ0) is 24.3. The molecule has 0 aromatic heterocycles. The van der Waals surface area contributed by atoms with Crippen LogP contribution in [0.2, 0.25) is 36.3 Å². The molecule has 0 saturated carbocycles. The van der Waals surface area contributed by atoms with Gasteiger partial charge >= 0.3 is 5.97 Å². The molecule has 0 aromatic carbocycles. The molecule has 5 nitrogen and oxygen atoms in total. The van der Waals surface area contributed by atoms with Crippen LogP contribution in [0, 0.1) is 11.8 Å². The van der Waals surface area contributed by atoms with Crippen LogP contribution in [0.1, 0.15) is 61.8 Å². The number of hydrogen-bond donors (Lipinski definition) is 0. The summed E-state index contributed by atoms with van der Waals surface area (Å²) in [6, 6.07) is 0. The van der Waals surface area contributed by atoms with Gasteiger partial charge in [0.05, 0.1) is 25.2 Å². The second-order valence-electron chi connectivity index (χ2n) is 11.5. The van der Waals surface area contributed by atoms with Gasteiger partial charge in [-0.15, -0.1) is 0 Å². The number of esters is 1. The molecule has 0 N–H and O–H groups in total. The van der Waals surface area contributed by atoms with Crippen molar-refractivity contribution < 1.29 is 23.2 Å². The van der Waals surface area contributed by atoms with E-state index in [2.05, 4.69) is 67.7 Å². The third-order valence-electron chi connectivity index (χ3n) is 7.02. The van der Waals surface area contributed by atoms with Crippen LogP contribution >= 0.6 is 11.6 Å². The Balaban J connectivity index is 6.17. The van der Waals surface area contributed by atoms with Crippen molar-refractivity contribution in [3.05, 3.63) is 0 Å². The van der Waals surface area contributed by atoms with Crippen LogP contribution in [0.5, 0.6) is 0 Å². The van der Waals surface area contributed by atoms with E-state index < -0.39 is 40.0 Å². The van der Waals surface area contributed by atoms with Gasteiger partial charge in [-0.05, 0) is 54.8 Å². The van der Waals surface area contributed by atoms with E-state index in [0.29, 0.717) is 0 Å². The van der Waals surface area contributed by atoms with Crippen molar-refractivity contribution in [3.8, 4) is 0 Å². The zero-order valence-electron chi connectivity index (χ0n) is 21.4. The van der Waals surface area contributed by atoms with E-state index in [1.807, 2.05) is 13.8 Å². The lowest BCUT2D eigenvalue weighted by Crippen LogP contribution is -2.53. The van der Waals surface area contributed by atoms with Gasteiger partial charge in [-0.2, -0.15) is 0 Å². The van der Waals surface area contributed by atoms with Gasteiger partial charge in [0.15, 0.2) is 16.6 Å². The van der Waals surface area contributed by atoms with Gasteiger partial charge in [0.1, 0.15) is 0 Å². The van der Waals surface area contributed by atoms with Crippen molar-refractivity contribution in [1.29, 1.82) is 0 Å². The molecule has 0 amide bonds. The fourth-order valence-electron chi connectivity index (χ4n) is 2.76. The highest BCUT2D eigenvalue weighted by Crippen LogP contribution is 2.42. The Morgan fingerprint density at radius 1 is 0.867 bits per heavy atom. The minimum Gasteiger partial charge on any atom is -0.469 e. The first-order valence-electron chi connectivity index (χ1n) is 10.8. The molecule has 30 heavy (non-hydrogen) atoms. The van der Waals surface area contributed by atoms with E-state index in [4.69, 9.17) is 25.2 Å². The third-order valence-corrected chi connectivity index (χ3v) is 16.2. The first kappa shape index (κ1) is 29.8. The Labute approximate surface area is 191 Å². The molecule has 0 aliphatic rings. The molecule has 0 spiro atoms. The van der Waals surface area contributed by atoms with Crippen LogP contribution in [0.4, 0.5) is 0 Å². The molecule has 0 unspecified atom stereocenters. The maximum atomic E-state index is 12.5. The molecule has 8 heteroatoms. The van der Waals surface area contributed by atoms with Gasteiger partial charge in [0.25, 0.3) is 0 Å². The van der Waals surface area contributed by atoms with E-state index in [1.54, 1.807) is 0 Å². The molecule has 4 atom stereocenters. The largest absolute Gasteiger partial charge is 0.469 e. The normalized spacial score (nSPS) is 17.8. The molecular formula is C22H45ClO5Si2. The first-order chi connectivity index (χ1) is 13.2. The highest BCUT2D eigenvalue weighted by atomic mass is 35.5. The monoisotopic (exact) mass is 480 g/mol. The van der Waals surface area contributed by atoms with Crippen LogP contribution in [-0.2, 0) is 23.2 Å². The number of carbonyl (C=O) groups is 2. The molecule has 0 radical (unpaired) electrons. The molecule has 0 bridgehead atoms. The Kier molecular flexibility index (Phi) is 10.5. The molecule has 0 aliphatic carbocycles. The summed E-state index contributed by atoms with van der Waals surface area (Å²) >= 11 is 5.81. The Hall–Kier alpha value is -0.216. The van der Waals surface area contributed by atoms with Crippen LogP contribution in [0.15, 0.2) is 0 Å². The predicted molar refractivity (Wildman–Crippen MR) is 130 cm³/mol. The van der Waals surface area contributed by atoms with Crippen LogP contribution in [0.3, 0.4) is 0 Å². The lowest BCUT2D eigenvalue weighted by atomic mass is 9.88. The Morgan fingerprint density at radius 2 is 1.27 bits per heavy atom. The summed E-state index contributed by atoms with van der Waals surface area (Å²) in [6.45, 7) is 25.4. The molecule has 0 fully saturated rings. The summed E-state index contributed by atoms with van der Waals surface area (Å²) in [5.74, 6) is -1.03. The van der Waals surface area contributed by atoms with E-state index >= 15 is 0 Å². The van der Waals surface area contributed by atoms with Crippen molar-refractivity contribution >= 4 is 39.4 Å². The molecule has 178 valence electrons. The second-order valence-corrected chi connectivity index (χ2v) is 21.4. The van der Waals surface area contributed by atoms with E-state index in [-0.39, 0.29) is 28.4 Å². The standard InChI is InChI=1S/C22H45ClO5Si2/c1-15(17(14-18(23)24)27-29(10,11)21(3,4)5)19(16(2)20(25)26-9)28-30(12,13)22(6,7)8/h15-17,19H,14H2,1-13H3/t15-,16+,17-,19-/m0/s1. The number of rotatable bonds is 10. The fourth-order valence-corrected chi connectivity index (χ4v) is 5.77. The Bertz CT molecular complexity index is 593. The average molecular weight is 481 g/mol. The van der Waals surface area contributed by atoms with Crippen molar-refractivity contribution in [1.82, 2.24) is 0 Å². The van der Waals surface area contributed by atoms with Gasteiger partial charge in [0.2, 0.25) is 5.24 Å². The van der Waals surface area contributed by atoms with Gasteiger partial charge in [0, 0.05) is 12.3 Å². The van der Waals surface area contributed by atoms with Crippen molar-refractivity contribution in [2.45, 2.75) is 110 Å². The topological polar surface area (TPSA) is 61.8 Å². The van der Waals surface area contributed by atoms with Crippen LogP contribution in [0.25, 0.3) is 0 Å². The number of methoxy groups -OCH3 is 1. The maximum absolute atomic E-state index is 12.5. The molecule has 0 rings (SSSR count). The second kappa shape index (κ2) is 10.6. The quantitative estimate of drug-likeness (QED) is 0.206. The summed E-state index contributed by atoms with van der Waals surface area (Å²) < 4.78 is 18.4. The maximum Gasteiger partial charge on any atom is 0.310 e. The minimum atomic E-state index is -2.20. The van der Waals surface area contributed by atoms with Gasteiger partial charge < -0.3 is 13.6 Å². The summed E-state index contributed by atoms with van der Waals surface area (Å²) in [6.07, 6.45) is -0.789. The predicted octanol–water partition coefficient (Wildman–Crippen LogP) is 6.37. The minimum absolute atomic E-state index is 0.0237. The molecule has 0 heterocycles. The molecular weight excluding hydrogens is 436 g/mol. The van der Waals surface area contributed by atoms with Crippen LogP contribution in [-0.4, -0.2) is 47.2 Å². The summed E-state index contributed by atoms with van der Waals surface area (Å²) in [5.41, 5.74) is 0. The smallest absolute Gasteiger partial charge is 0.310 e. The lowest BCUT2D eigenvalue weighted by molar-refractivity contribution is -0.150. The average Bonchev–Trinajstić information content (AvgIpc) is 2.54. The molecule has 0 aliphatic heterocycles. The highest BCUT2D eigenvalue weighted by molar-refractivity contribution is 6.74. The highest BCUT2D eigenvalue weighted by Gasteiger charge is 2.47. The lowest BCUT2D eigenvalue weighted by Gasteiger charge is -2.46. The van der Waals surface area contributed by atoms with Gasteiger partial charge in [-0.25, -0.2) is 0 Å². The fraction of sp³-hybridized carbons (Fsp3) is 0.909. The number of ether oxygens (including phenoxy) is 1. The zero-order valence-corrected chi connectivity index (χ0v) is 24.2. The number of halogens is 1. The number of hydrogen-bond acceptors (Lipinski definition) is 5. The van der Waals surface area contributed by atoms with Crippen molar-refractivity contribution in [2.75, 3.05) is 7.11 Å². The third kappa shape index (κ3) is 8.04. The van der Waals surface area contributed by atoms with Gasteiger partial charge in [-0.1, -0.05) is 48.5 Å². The first-order valence-corrected chi connectivity index (χ1v) is 17.0. The Morgan fingerprint density at radius 3 is 1.60 bits per heavy atom. The van der Waals surface area contributed by atoms with Crippen molar-refractivity contribution in [3.63, 3.8) is 0 Å². The molecule has 0 saturated heterocycles. The van der Waals surface area contributed by atoms with Gasteiger partial charge in [-0.3, -0.25) is 9.59 Å². The number of carbonyl (C=O) groups excluding carboxylic acids is 2. The van der Waals surface area contributed by atoms with E-state index in [9.17, 15) is 9.59 Å². The SMILES string of the molecule is COC(=O)[C@H](C)[C@@H](O[Si](C)(C)C(C)(C)C)[C@@H](C)[C@H](CC(=O)Cl)O[Si](C)(C)C(C)(C)C. The van der Waals surface area contributed by atoms with Crippen LogP contribution < -0.4 is 0 Å². The molecule has 0 aromatic rings. The summed E-state index contributed by atoms with van der Waals surface area (Å²) in [4.78, 5) is 24.4. The van der Waals surface area contributed by atoms with E-state index in [1.165, 1.54) is 7.11 Å².